The molecule has 1 aromatic carbocycles. The van der Waals surface area contributed by atoms with E-state index in [0.29, 0.717) is 19.7 Å². The van der Waals surface area contributed by atoms with Crippen molar-refractivity contribution in [2.75, 3.05) is 13.2 Å². The van der Waals surface area contributed by atoms with Crippen LogP contribution in [0, 0.1) is 0 Å². The van der Waals surface area contributed by atoms with Gasteiger partial charge >= 0.3 is 6.61 Å². The number of carbonyl (C=O) groups excluding carboxylic acids is 1. The summed E-state index contributed by atoms with van der Waals surface area (Å²) in [5, 5.41) is 6.06. The van der Waals surface area contributed by atoms with Gasteiger partial charge in [-0.05, 0) is 43.9 Å². The van der Waals surface area contributed by atoms with E-state index in [9.17, 15) is 13.6 Å². The molecule has 5 nitrogen and oxygen atoms in total. The maximum atomic E-state index is 12.4. The molecule has 1 heterocycles. The van der Waals surface area contributed by atoms with Crippen molar-refractivity contribution in [1.82, 2.24) is 10.6 Å². The number of carbonyl (C=O) groups is 1. The van der Waals surface area contributed by atoms with Crippen LogP contribution in [0.1, 0.15) is 31.7 Å². The average Bonchev–Trinajstić information content (AvgIpc) is 2.72. The number of halogens is 2. The van der Waals surface area contributed by atoms with E-state index in [-0.39, 0.29) is 23.4 Å². The van der Waals surface area contributed by atoms with Crippen molar-refractivity contribution >= 4 is 5.91 Å². The van der Waals surface area contributed by atoms with Gasteiger partial charge in [-0.25, -0.2) is 0 Å². The van der Waals surface area contributed by atoms with Crippen molar-refractivity contribution < 1.29 is 23.0 Å². The molecule has 0 spiro atoms. The monoisotopic (exact) mass is 328 g/mol. The summed E-state index contributed by atoms with van der Waals surface area (Å²) in [6.07, 6.45) is 2.76. The molecule has 1 aliphatic heterocycles. The molecule has 0 bridgehead atoms. The van der Waals surface area contributed by atoms with Crippen LogP contribution in [-0.4, -0.2) is 31.7 Å². The van der Waals surface area contributed by atoms with E-state index in [0.717, 1.165) is 24.8 Å². The zero-order valence-electron chi connectivity index (χ0n) is 13.1. The fourth-order valence-electron chi connectivity index (χ4n) is 2.50. The molecule has 2 N–H and O–H groups in total. The average molecular weight is 328 g/mol. The Labute approximate surface area is 134 Å². The predicted molar refractivity (Wildman–Crippen MR) is 81.7 cm³/mol. The maximum absolute atomic E-state index is 12.4. The maximum Gasteiger partial charge on any atom is 0.387 e. The molecule has 7 heteroatoms. The number of benzene rings is 1. The molecule has 128 valence electrons. The quantitative estimate of drug-likeness (QED) is 0.807. The summed E-state index contributed by atoms with van der Waals surface area (Å²) >= 11 is 0. The number of hydrogen-bond donors (Lipinski definition) is 2. The van der Waals surface area contributed by atoms with Gasteiger partial charge in [-0.1, -0.05) is 6.07 Å². The van der Waals surface area contributed by atoms with Gasteiger partial charge in [-0.15, -0.1) is 0 Å². The largest absolute Gasteiger partial charge is 0.490 e. The Morgan fingerprint density at radius 2 is 2.17 bits per heavy atom. The lowest BCUT2D eigenvalue weighted by Gasteiger charge is -2.16. The summed E-state index contributed by atoms with van der Waals surface area (Å²) in [6.45, 7) is 0.389. The van der Waals surface area contributed by atoms with Crippen molar-refractivity contribution in [3.8, 4) is 11.5 Å². The molecule has 1 aliphatic rings. The highest BCUT2D eigenvalue weighted by Crippen LogP contribution is 2.30. The van der Waals surface area contributed by atoms with Crippen LogP contribution in [0.3, 0.4) is 0 Å². The van der Waals surface area contributed by atoms with Crippen LogP contribution in [0.2, 0.25) is 0 Å². The lowest BCUT2D eigenvalue weighted by molar-refractivity contribution is -0.122. The topological polar surface area (TPSA) is 59.6 Å². The van der Waals surface area contributed by atoms with E-state index in [1.165, 1.54) is 6.07 Å². The standard InChI is InChI=1S/C16H22F2N2O3/c1-2-22-14-9-11(6-7-13(14)23-16(17)18)10-20-12-5-3-4-8-19-15(12)21/h6-7,9,12,16,20H,2-5,8,10H2,1H3,(H,19,21). The molecule has 0 aliphatic carbocycles. The third kappa shape index (κ3) is 5.35. The number of alkyl halides is 2. The number of ether oxygens (including phenoxy) is 2. The molecule has 0 radical (unpaired) electrons. The van der Waals surface area contributed by atoms with Crippen LogP contribution < -0.4 is 20.1 Å². The molecule has 2 rings (SSSR count). The van der Waals surface area contributed by atoms with Crippen LogP contribution in [-0.2, 0) is 11.3 Å². The highest BCUT2D eigenvalue weighted by Gasteiger charge is 2.20. The highest BCUT2D eigenvalue weighted by atomic mass is 19.3. The molecule has 1 fully saturated rings. The van der Waals surface area contributed by atoms with Gasteiger partial charge in [0.05, 0.1) is 12.6 Å². The second kappa shape index (κ2) is 8.67. The molecule has 1 atom stereocenters. The summed E-state index contributed by atoms with van der Waals surface area (Å²) in [6, 6.07) is 4.57. The summed E-state index contributed by atoms with van der Waals surface area (Å²) in [7, 11) is 0. The first-order valence-electron chi connectivity index (χ1n) is 7.81. The molecule has 0 aromatic heterocycles. The molecular formula is C16H22F2N2O3. The molecular weight excluding hydrogens is 306 g/mol. The Bertz CT molecular complexity index is 526. The molecule has 1 amide bonds. The lowest BCUT2D eigenvalue weighted by atomic mass is 10.1. The first-order chi connectivity index (χ1) is 11.1. The van der Waals surface area contributed by atoms with Gasteiger partial charge in [0.1, 0.15) is 0 Å². The van der Waals surface area contributed by atoms with Crippen molar-refractivity contribution in [2.45, 2.75) is 45.4 Å². The van der Waals surface area contributed by atoms with Crippen molar-refractivity contribution in [3.05, 3.63) is 23.8 Å². The smallest absolute Gasteiger partial charge is 0.387 e. The second-order valence-corrected chi connectivity index (χ2v) is 5.31. The van der Waals surface area contributed by atoms with Crippen LogP contribution in [0.15, 0.2) is 18.2 Å². The summed E-state index contributed by atoms with van der Waals surface area (Å²) < 4.78 is 34.5. The fourth-order valence-corrected chi connectivity index (χ4v) is 2.50. The van der Waals surface area contributed by atoms with Crippen molar-refractivity contribution in [2.24, 2.45) is 0 Å². The molecule has 1 aromatic rings. The molecule has 1 unspecified atom stereocenters. The van der Waals surface area contributed by atoms with E-state index < -0.39 is 6.61 Å². The minimum Gasteiger partial charge on any atom is -0.490 e. The molecule has 1 saturated heterocycles. The molecule has 23 heavy (non-hydrogen) atoms. The van der Waals surface area contributed by atoms with Gasteiger partial charge in [0.15, 0.2) is 11.5 Å². The first kappa shape index (κ1) is 17.5. The Kier molecular flexibility index (Phi) is 6.58. The second-order valence-electron chi connectivity index (χ2n) is 5.31. The van der Waals surface area contributed by atoms with Crippen LogP contribution in [0.25, 0.3) is 0 Å². The lowest BCUT2D eigenvalue weighted by Crippen LogP contribution is -2.42. The summed E-state index contributed by atoms with van der Waals surface area (Å²) in [4.78, 5) is 11.9. The first-order valence-corrected chi connectivity index (χ1v) is 7.81. The van der Waals surface area contributed by atoms with E-state index >= 15 is 0 Å². The summed E-state index contributed by atoms with van der Waals surface area (Å²) in [5.41, 5.74) is 0.840. The normalized spacial score (nSPS) is 18.4. The third-order valence-corrected chi connectivity index (χ3v) is 3.61. The minimum absolute atomic E-state index is 0.00480. The SMILES string of the molecule is CCOc1cc(CNC2CCCCNC2=O)ccc1OC(F)F. The van der Waals surface area contributed by atoms with E-state index in [1.54, 1.807) is 19.1 Å². The zero-order valence-corrected chi connectivity index (χ0v) is 13.1. The van der Waals surface area contributed by atoms with Crippen LogP contribution >= 0.6 is 0 Å². The number of nitrogens with one attached hydrogen (secondary N) is 2. The predicted octanol–water partition coefficient (Wildman–Crippen LogP) is 2.45. The van der Waals surface area contributed by atoms with E-state index in [2.05, 4.69) is 15.4 Å². The Morgan fingerprint density at radius 1 is 1.35 bits per heavy atom. The Morgan fingerprint density at radius 3 is 2.91 bits per heavy atom. The number of hydrogen-bond acceptors (Lipinski definition) is 4. The highest BCUT2D eigenvalue weighted by molar-refractivity contribution is 5.81. The van der Waals surface area contributed by atoms with Gasteiger partial charge < -0.3 is 20.1 Å². The minimum atomic E-state index is -2.90. The van der Waals surface area contributed by atoms with E-state index in [4.69, 9.17) is 4.74 Å². The Balaban J connectivity index is 2.01. The van der Waals surface area contributed by atoms with Gasteiger partial charge in [-0.2, -0.15) is 8.78 Å². The third-order valence-electron chi connectivity index (χ3n) is 3.61. The van der Waals surface area contributed by atoms with Gasteiger partial charge in [0.25, 0.3) is 0 Å². The van der Waals surface area contributed by atoms with Crippen molar-refractivity contribution in [1.29, 1.82) is 0 Å². The van der Waals surface area contributed by atoms with Crippen molar-refractivity contribution in [3.63, 3.8) is 0 Å². The zero-order chi connectivity index (χ0) is 16.7. The van der Waals surface area contributed by atoms with Gasteiger partial charge in [-0.3, -0.25) is 4.79 Å². The summed E-state index contributed by atoms with van der Waals surface area (Å²) in [5.74, 6) is 0.292. The van der Waals surface area contributed by atoms with Crippen LogP contribution in [0.5, 0.6) is 11.5 Å². The fraction of sp³-hybridized carbons (Fsp3) is 0.562. The van der Waals surface area contributed by atoms with Crippen LogP contribution in [0.4, 0.5) is 8.78 Å². The van der Waals surface area contributed by atoms with Gasteiger partial charge in [0.2, 0.25) is 5.91 Å². The number of amides is 1. The molecule has 0 saturated carbocycles. The van der Waals surface area contributed by atoms with Gasteiger partial charge in [0, 0.05) is 13.1 Å². The Hall–Kier alpha value is -1.89. The van der Waals surface area contributed by atoms with E-state index in [1.807, 2.05) is 0 Å². The number of rotatable bonds is 7.